The summed E-state index contributed by atoms with van der Waals surface area (Å²) in [6, 6.07) is 8.78. The zero-order valence-electron chi connectivity index (χ0n) is 9.69. The summed E-state index contributed by atoms with van der Waals surface area (Å²) in [5, 5.41) is 3.04. The van der Waals surface area contributed by atoms with Gasteiger partial charge in [0.15, 0.2) is 0 Å². The zero-order valence-corrected chi connectivity index (χ0v) is 10.5. The normalized spacial score (nSPS) is 18.7. The largest absolute Gasteiger partial charge is 0.360 e. The van der Waals surface area contributed by atoms with Gasteiger partial charge in [-0.25, -0.2) is 0 Å². The van der Waals surface area contributed by atoms with Crippen LogP contribution in [0.3, 0.4) is 0 Å². The van der Waals surface area contributed by atoms with Crippen molar-refractivity contribution in [2.24, 2.45) is 0 Å². The van der Waals surface area contributed by atoms with Crippen molar-refractivity contribution in [1.29, 1.82) is 0 Å². The van der Waals surface area contributed by atoms with Crippen LogP contribution in [0.2, 0.25) is 0 Å². The molecule has 1 amide bonds. The molecule has 0 bridgehead atoms. The number of amides is 1. The average Bonchev–Trinajstić information content (AvgIpc) is 3.13. The van der Waals surface area contributed by atoms with Gasteiger partial charge in [-0.3, -0.25) is 4.79 Å². The Morgan fingerprint density at radius 3 is 3.06 bits per heavy atom. The van der Waals surface area contributed by atoms with Crippen LogP contribution in [-0.2, 0) is 4.79 Å². The zero-order chi connectivity index (χ0) is 11.7. The van der Waals surface area contributed by atoms with Gasteiger partial charge in [0.25, 0.3) is 0 Å². The van der Waals surface area contributed by atoms with Crippen LogP contribution in [0.4, 0.5) is 5.69 Å². The van der Waals surface area contributed by atoms with Crippen LogP contribution in [0.15, 0.2) is 29.2 Å². The van der Waals surface area contributed by atoms with E-state index in [0.717, 1.165) is 25.1 Å². The number of rotatable bonds is 3. The van der Waals surface area contributed by atoms with Crippen LogP contribution in [0.1, 0.15) is 12.8 Å². The molecule has 1 N–H and O–H groups in total. The Bertz CT molecular complexity index is 431. The molecule has 0 unspecified atom stereocenters. The first-order valence-electron chi connectivity index (χ1n) is 6.09. The van der Waals surface area contributed by atoms with Crippen molar-refractivity contribution >= 4 is 23.4 Å². The maximum Gasteiger partial charge on any atom is 0.239 e. The Morgan fingerprint density at radius 1 is 1.41 bits per heavy atom. The summed E-state index contributed by atoms with van der Waals surface area (Å²) in [6.07, 6.45) is 2.30. The lowest BCUT2D eigenvalue weighted by Gasteiger charge is -2.30. The molecule has 1 aromatic carbocycles. The molecule has 0 saturated heterocycles. The number of benzene rings is 1. The Hall–Kier alpha value is -1.16. The van der Waals surface area contributed by atoms with E-state index >= 15 is 0 Å². The highest BCUT2D eigenvalue weighted by atomic mass is 32.2. The first-order chi connectivity index (χ1) is 8.33. The monoisotopic (exact) mass is 248 g/mol. The van der Waals surface area contributed by atoms with Crippen molar-refractivity contribution in [3.05, 3.63) is 24.3 Å². The van der Waals surface area contributed by atoms with Crippen LogP contribution in [-0.4, -0.2) is 30.8 Å². The highest BCUT2D eigenvalue weighted by Gasteiger charge is 2.25. The second-order valence-electron chi connectivity index (χ2n) is 4.58. The molecular weight excluding hydrogens is 232 g/mol. The van der Waals surface area contributed by atoms with Gasteiger partial charge >= 0.3 is 0 Å². The molecule has 1 fully saturated rings. The third kappa shape index (κ3) is 2.57. The van der Waals surface area contributed by atoms with Crippen molar-refractivity contribution < 1.29 is 4.79 Å². The number of carbonyl (C=O) groups excluding carboxylic acids is 1. The molecule has 90 valence electrons. The number of thioether (sulfide) groups is 1. The molecule has 1 aliphatic carbocycles. The van der Waals surface area contributed by atoms with E-state index in [-0.39, 0.29) is 5.91 Å². The number of anilines is 1. The lowest BCUT2D eigenvalue weighted by Crippen LogP contribution is -2.40. The van der Waals surface area contributed by atoms with E-state index < -0.39 is 0 Å². The van der Waals surface area contributed by atoms with E-state index in [1.807, 2.05) is 17.8 Å². The Labute approximate surface area is 106 Å². The van der Waals surface area contributed by atoms with Crippen LogP contribution in [0.5, 0.6) is 0 Å². The first-order valence-corrected chi connectivity index (χ1v) is 7.07. The second-order valence-corrected chi connectivity index (χ2v) is 5.72. The average molecular weight is 248 g/mol. The van der Waals surface area contributed by atoms with Crippen molar-refractivity contribution in [2.45, 2.75) is 23.8 Å². The minimum absolute atomic E-state index is 0.161. The van der Waals surface area contributed by atoms with Crippen LogP contribution >= 0.6 is 11.8 Å². The fourth-order valence-electron chi connectivity index (χ4n) is 2.07. The van der Waals surface area contributed by atoms with Gasteiger partial charge in [0, 0.05) is 23.2 Å². The van der Waals surface area contributed by atoms with Gasteiger partial charge in [-0.1, -0.05) is 12.1 Å². The highest BCUT2D eigenvalue weighted by Crippen LogP contribution is 2.34. The molecule has 2 aliphatic rings. The van der Waals surface area contributed by atoms with Gasteiger partial charge in [-0.2, -0.15) is 0 Å². The lowest BCUT2D eigenvalue weighted by atomic mass is 10.2. The fourth-order valence-corrected chi connectivity index (χ4v) is 3.12. The van der Waals surface area contributed by atoms with Crippen LogP contribution in [0.25, 0.3) is 0 Å². The maximum absolute atomic E-state index is 11.8. The third-order valence-corrected chi connectivity index (χ3v) is 4.14. The number of nitrogens with one attached hydrogen (secondary N) is 1. The van der Waals surface area contributed by atoms with E-state index in [1.54, 1.807) is 0 Å². The minimum Gasteiger partial charge on any atom is -0.360 e. The molecule has 17 heavy (non-hydrogen) atoms. The smallest absolute Gasteiger partial charge is 0.239 e. The molecule has 4 heteroatoms. The van der Waals surface area contributed by atoms with E-state index in [1.165, 1.54) is 10.6 Å². The predicted molar refractivity (Wildman–Crippen MR) is 70.5 cm³/mol. The molecule has 0 atom stereocenters. The standard InChI is InChI=1S/C13H16N2OS/c16-13(14-10-5-6-10)9-15-7-8-17-12-4-2-1-3-11(12)15/h1-4,10H,5-9H2,(H,14,16). The van der Waals surface area contributed by atoms with Gasteiger partial charge in [0.1, 0.15) is 0 Å². The summed E-state index contributed by atoms with van der Waals surface area (Å²) in [5.74, 6) is 1.22. The molecule has 1 saturated carbocycles. The summed E-state index contributed by atoms with van der Waals surface area (Å²) in [7, 11) is 0. The lowest BCUT2D eigenvalue weighted by molar-refractivity contribution is -0.119. The number of para-hydroxylation sites is 1. The van der Waals surface area contributed by atoms with Crippen molar-refractivity contribution in [1.82, 2.24) is 5.32 Å². The number of nitrogens with zero attached hydrogens (tertiary/aromatic N) is 1. The van der Waals surface area contributed by atoms with Gasteiger partial charge in [0.05, 0.1) is 12.2 Å². The number of hydrogen-bond acceptors (Lipinski definition) is 3. The molecule has 3 nitrogen and oxygen atoms in total. The first kappa shape index (κ1) is 11.0. The molecule has 0 radical (unpaired) electrons. The summed E-state index contributed by atoms with van der Waals surface area (Å²) >= 11 is 1.87. The molecule has 3 rings (SSSR count). The van der Waals surface area contributed by atoms with Gasteiger partial charge in [0.2, 0.25) is 5.91 Å². The van der Waals surface area contributed by atoms with E-state index in [9.17, 15) is 4.79 Å². The van der Waals surface area contributed by atoms with Crippen molar-refractivity contribution in [2.75, 3.05) is 23.7 Å². The van der Waals surface area contributed by atoms with Gasteiger partial charge in [-0.05, 0) is 25.0 Å². The topological polar surface area (TPSA) is 32.3 Å². The molecule has 1 aliphatic heterocycles. The molecular formula is C13H16N2OS. The summed E-state index contributed by atoms with van der Waals surface area (Å²) in [6.45, 7) is 1.45. The Balaban J connectivity index is 1.69. The summed E-state index contributed by atoms with van der Waals surface area (Å²) in [5.41, 5.74) is 1.20. The summed E-state index contributed by atoms with van der Waals surface area (Å²) < 4.78 is 0. The SMILES string of the molecule is O=C(CN1CCSc2ccccc21)NC1CC1. The second kappa shape index (κ2) is 4.61. The minimum atomic E-state index is 0.161. The van der Waals surface area contributed by atoms with Crippen molar-refractivity contribution in [3.8, 4) is 0 Å². The number of hydrogen-bond donors (Lipinski definition) is 1. The van der Waals surface area contributed by atoms with E-state index in [0.29, 0.717) is 12.6 Å². The quantitative estimate of drug-likeness (QED) is 0.886. The third-order valence-electron chi connectivity index (χ3n) is 3.10. The van der Waals surface area contributed by atoms with Gasteiger partial charge < -0.3 is 10.2 Å². The fraction of sp³-hybridized carbons (Fsp3) is 0.462. The number of carbonyl (C=O) groups is 1. The van der Waals surface area contributed by atoms with E-state index in [2.05, 4.69) is 28.4 Å². The predicted octanol–water partition coefficient (Wildman–Crippen LogP) is 1.88. The molecule has 1 aromatic rings. The molecule has 0 aromatic heterocycles. The maximum atomic E-state index is 11.8. The van der Waals surface area contributed by atoms with E-state index in [4.69, 9.17) is 0 Å². The Morgan fingerprint density at radius 2 is 2.24 bits per heavy atom. The van der Waals surface area contributed by atoms with Gasteiger partial charge in [-0.15, -0.1) is 11.8 Å². The Kier molecular flexibility index (Phi) is 2.97. The molecule has 1 heterocycles. The highest BCUT2D eigenvalue weighted by molar-refractivity contribution is 7.99. The van der Waals surface area contributed by atoms with Crippen LogP contribution < -0.4 is 10.2 Å². The number of fused-ring (bicyclic) bond motifs is 1. The van der Waals surface area contributed by atoms with Crippen molar-refractivity contribution in [3.63, 3.8) is 0 Å². The molecule has 0 spiro atoms. The summed E-state index contributed by atoms with van der Waals surface area (Å²) in [4.78, 5) is 15.3. The van der Waals surface area contributed by atoms with Crippen LogP contribution in [0, 0.1) is 0 Å².